The van der Waals surface area contributed by atoms with Crippen LogP contribution in [0.25, 0.3) is 0 Å². The third-order valence-electron chi connectivity index (χ3n) is 2.65. The molecule has 0 radical (unpaired) electrons. The summed E-state index contributed by atoms with van der Waals surface area (Å²) < 4.78 is 6.13. The standard InChI is InChI=1S/C14H10Br2Cl2O/c1-19-13-3-2-8(6-12(13)15)14(16)9-4-10(17)7-11(18)5-9/h2-7,14H,1H3. The molecule has 0 aliphatic heterocycles. The van der Waals surface area contributed by atoms with Crippen LogP contribution >= 0.6 is 55.1 Å². The number of rotatable bonds is 3. The Kier molecular flexibility index (Phi) is 5.18. The SMILES string of the molecule is COc1ccc(C(Br)c2cc(Cl)cc(Cl)c2)cc1Br. The van der Waals surface area contributed by atoms with E-state index in [0.717, 1.165) is 21.3 Å². The summed E-state index contributed by atoms with van der Waals surface area (Å²) in [6.45, 7) is 0. The van der Waals surface area contributed by atoms with E-state index >= 15 is 0 Å². The maximum Gasteiger partial charge on any atom is 0.133 e. The molecule has 0 spiro atoms. The Hall–Kier alpha value is -0.220. The Labute approximate surface area is 139 Å². The van der Waals surface area contributed by atoms with E-state index in [2.05, 4.69) is 31.9 Å². The van der Waals surface area contributed by atoms with Gasteiger partial charge in [-0.25, -0.2) is 0 Å². The van der Waals surface area contributed by atoms with Gasteiger partial charge in [-0.05, 0) is 57.4 Å². The fourth-order valence-corrected chi connectivity index (χ4v) is 3.40. The Morgan fingerprint density at radius 2 is 1.63 bits per heavy atom. The molecule has 0 aromatic heterocycles. The number of hydrogen-bond donors (Lipinski definition) is 0. The molecule has 1 unspecified atom stereocenters. The molecular weight excluding hydrogens is 415 g/mol. The third-order valence-corrected chi connectivity index (χ3v) is 4.76. The first kappa shape index (κ1) is 15.2. The molecule has 0 saturated heterocycles. The molecule has 2 aromatic rings. The van der Waals surface area contributed by atoms with Crippen LogP contribution in [0.15, 0.2) is 40.9 Å². The second kappa shape index (κ2) is 6.49. The van der Waals surface area contributed by atoms with Crippen molar-refractivity contribution < 1.29 is 4.74 Å². The monoisotopic (exact) mass is 422 g/mol. The quantitative estimate of drug-likeness (QED) is 0.529. The minimum atomic E-state index is 0.0194. The van der Waals surface area contributed by atoms with Gasteiger partial charge in [-0.15, -0.1) is 0 Å². The van der Waals surface area contributed by atoms with Gasteiger partial charge in [-0.3, -0.25) is 0 Å². The van der Waals surface area contributed by atoms with Crippen LogP contribution in [-0.2, 0) is 0 Å². The van der Waals surface area contributed by atoms with E-state index in [9.17, 15) is 0 Å². The van der Waals surface area contributed by atoms with Gasteiger partial charge in [0.25, 0.3) is 0 Å². The summed E-state index contributed by atoms with van der Waals surface area (Å²) in [7, 11) is 1.64. The van der Waals surface area contributed by atoms with Gasteiger partial charge in [0.05, 0.1) is 16.4 Å². The third kappa shape index (κ3) is 3.66. The smallest absolute Gasteiger partial charge is 0.133 e. The zero-order chi connectivity index (χ0) is 14.0. The lowest BCUT2D eigenvalue weighted by Crippen LogP contribution is -1.94. The van der Waals surface area contributed by atoms with Crippen molar-refractivity contribution in [1.29, 1.82) is 0 Å². The minimum absolute atomic E-state index is 0.0194. The molecule has 0 aliphatic carbocycles. The van der Waals surface area contributed by atoms with Crippen LogP contribution in [-0.4, -0.2) is 7.11 Å². The van der Waals surface area contributed by atoms with Crippen LogP contribution < -0.4 is 4.74 Å². The average molecular weight is 425 g/mol. The van der Waals surface area contributed by atoms with Gasteiger partial charge in [-0.1, -0.05) is 45.2 Å². The largest absolute Gasteiger partial charge is 0.496 e. The molecule has 19 heavy (non-hydrogen) atoms. The molecule has 1 nitrogen and oxygen atoms in total. The van der Waals surface area contributed by atoms with Gasteiger partial charge in [0.2, 0.25) is 0 Å². The first-order valence-electron chi connectivity index (χ1n) is 5.44. The van der Waals surface area contributed by atoms with Crippen molar-refractivity contribution in [3.05, 3.63) is 62.0 Å². The molecule has 100 valence electrons. The molecule has 0 heterocycles. The van der Waals surface area contributed by atoms with Crippen molar-refractivity contribution in [2.45, 2.75) is 4.83 Å². The molecule has 0 amide bonds. The Morgan fingerprint density at radius 1 is 1.00 bits per heavy atom. The van der Waals surface area contributed by atoms with Gasteiger partial charge < -0.3 is 4.74 Å². The van der Waals surface area contributed by atoms with Gasteiger partial charge in [0, 0.05) is 10.0 Å². The topological polar surface area (TPSA) is 9.23 Å². The maximum atomic E-state index is 6.03. The van der Waals surface area contributed by atoms with E-state index in [1.807, 2.05) is 30.3 Å². The molecule has 2 rings (SSSR count). The van der Waals surface area contributed by atoms with Gasteiger partial charge in [-0.2, -0.15) is 0 Å². The molecule has 0 saturated carbocycles. The van der Waals surface area contributed by atoms with Crippen LogP contribution in [0.3, 0.4) is 0 Å². The number of hydrogen-bond acceptors (Lipinski definition) is 1. The number of benzene rings is 2. The summed E-state index contributed by atoms with van der Waals surface area (Å²) in [5.41, 5.74) is 2.10. The zero-order valence-corrected chi connectivity index (χ0v) is 14.6. The van der Waals surface area contributed by atoms with Crippen molar-refractivity contribution in [2.24, 2.45) is 0 Å². The maximum absolute atomic E-state index is 6.03. The molecule has 0 fully saturated rings. The number of ether oxygens (including phenoxy) is 1. The van der Waals surface area contributed by atoms with Gasteiger partial charge in [0.1, 0.15) is 5.75 Å². The molecule has 0 N–H and O–H groups in total. The summed E-state index contributed by atoms with van der Waals surface area (Å²) in [6, 6.07) is 11.4. The van der Waals surface area contributed by atoms with Crippen molar-refractivity contribution in [2.75, 3.05) is 7.11 Å². The van der Waals surface area contributed by atoms with Gasteiger partial charge in [0.15, 0.2) is 0 Å². The van der Waals surface area contributed by atoms with Crippen molar-refractivity contribution in [1.82, 2.24) is 0 Å². The first-order valence-corrected chi connectivity index (χ1v) is 7.91. The lowest BCUT2D eigenvalue weighted by molar-refractivity contribution is 0.412. The molecular formula is C14H10Br2Cl2O. The van der Waals surface area contributed by atoms with Crippen LogP contribution in [0.2, 0.25) is 10.0 Å². The minimum Gasteiger partial charge on any atom is -0.496 e. The van der Waals surface area contributed by atoms with Crippen LogP contribution in [0, 0.1) is 0 Å². The highest BCUT2D eigenvalue weighted by Crippen LogP contribution is 2.37. The van der Waals surface area contributed by atoms with E-state index in [0.29, 0.717) is 10.0 Å². The van der Waals surface area contributed by atoms with Crippen LogP contribution in [0.5, 0.6) is 5.75 Å². The lowest BCUT2D eigenvalue weighted by Gasteiger charge is -2.13. The van der Waals surface area contributed by atoms with Crippen LogP contribution in [0.1, 0.15) is 16.0 Å². The average Bonchev–Trinajstić information content (AvgIpc) is 2.36. The second-order valence-electron chi connectivity index (χ2n) is 3.96. The van der Waals surface area contributed by atoms with Gasteiger partial charge >= 0.3 is 0 Å². The molecule has 0 bridgehead atoms. The van der Waals surface area contributed by atoms with E-state index in [-0.39, 0.29) is 4.83 Å². The summed E-state index contributed by atoms with van der Waals surface area (Å²) >= 11 is 19.2. The normalized spacial score (nSPS) is 12.3. The Morgan fingerprint density at radius 3 is 2.16 bits per heavy atom. The number of halogens is 4. The zero-order valence-electron chi connectivity index (χ0n) is 9.96. The highest BCUT2D eigenvalue weighted by molar-refractivity contribution is 9.10. The fraction of sp³-hybridized carbons (Fsp3) is 0.143. The molecule has 0 aliphatic rings. The summed E-state index contributed by atoms with van der Waals surface area (Å²) in [5.74, 6) is 0.799. The van der Waals surface area contributed by atoms with Crippen molar-refractivity contribution >= 4 is 55.1 Å². The fourth-order valence-electron chi connectivity index (χ4n) is 1.75. The van der Waals surface area contributed by atoms with E-state index in [1.54, 1.807) is 13.2 Å². The Bertz CT molecular complexity index is 582. The molecule has 2 aromatic carbocycles. The number of alkyl halides is 1. The summed E-state index contributed by atoms with van der Waals surface area (Å²) in [4.78, 5) is 0.0194. The highest BCUT2D eigenvalue weighted by Gasteiger charge is 2.13. The van der Waals surface area contributed by atoms with Crippen molar-refractivity contribution in [3.8, 4) is 5.75 Å². The highest BCUT2D eigenvalue weighted by atomic mass is 79.9. The van der Waals surface area contributed by atoms with E-state index in [1.165, 1.54) is 0 Å². The number of methoxy groups -OCH3 is 1. The predicted molar refractivity (Wildman–Crippen MR) is 87.9 cm³/mol. The second-order valence-corrected chi connectivity index (χ2v) is 6.60. The molecule has 1 atom stereocenters. The summed E-state index contributed by atoms with van der Waals surface area (Å²) in [6.07, 6.45) is 0. The van der Waals surface area contributed by atoms with E-state index in [4.69, 9.17) is 27.9 Å². The van der Waals surface area contributed by atoms with Crippen molar-refractivity contribution in [3.63, 3.8) is 0 Å². The Balaban J connectivity index is 2.38. The summed E-state index contributed by atoms with van der Waals surface area (Å²) in [5, 5.41) is 1.25. The van der Waals surface area contributed by atoms with Crippen LogP contribution in [0.4, 0.5) is 0 Å². The predicted octanol–water partition coefficient (Wildman–Crippen LogP) is 6.25. The lowest BCUT2D eigenvalue weighted by atomic mass is 10.0. The van der Waals surface area contributed by atoms with E-state index < -0.39 is 0 Å². The first-order chi connectivity index (χ1) is 9.01. The molecule has 5 heteroatoms.